The molecule has 3 aromatic rings. The lowest BCUT2D eigenvalue weighted by Crippen LogP contribution is -2.63. The Kier molecular flexibility index (Phi) is 13.7. The van der Waals surface area contributed by atoms with E-state index >= 15 is 0 Å². The van der Waals surface area contributed by atoms with E-state index in [9.17, 15) is 15.3 Å². The van der Waals surface area contributed by atoms with Crippen LogP contribution in [0.15, 0.2) is 91.0 Å². The van der Waals surface area contributed by atoms with Crippen LogP contribution in [0.25, 0.3) is 0 Å². The van der Waals surface area contributed by atoms with E-state index in [4.69, 9.17) is 18.9 Å². The van der Waals surface area contributed by atoms with Crippen molar-refractivity contribution in [3.8, 4) is 0 Å². The van der Waals surface area contributed by atoms with Crippen LogP contribution in [-0.4, -0.2) is 79.9 Å². The zero-order valence-corrected chi connectivity index (χ0v) is 34.1. The lowest BCUT2D eigenvalue weighted by Gasteiger charge is -2.64. The molecular weight excluding hydrogens is 701 g/mol. The molecule has 0 heterocycles. The second-order valence-corrected chi connectivity index (χ2v) is 18.0. The number of hydrogen-bond donors (Lipinski definition) is 3. The molecule has 7 heteroatoms. The Morgan fingerprint density at radius 3 is 1.82 bits per heavy atom. The maximum Gasteiger partial charge on any atom is 0.143 e. The van der Waals surface area contributed by atoms with E-state index in [1.54, 1.807) is 0 Å². The molecule has 0 amide bonds. The van der Waals surface area contributed by atoms with E-state index < -0.39 is 5.60 Å². The molecule has 3 aromatic carbocycles. The van der Waals surface area contributed by atoms with Crippen molar-refractivity contribution >= 4 is 0 Å². The number of aliphatic hydroxyl groups is 3. The highest BCUT2D eigenvalue weighted by molar-refractivity contribution is 5.47. The molecular formula is C49H68O7. The molecule has 0 bridgehead atoms. The van der Waals surface area contributed by atoms with Gasteiger partial charge in [0.15, 0.2) is 0 Å². The van der Waals surface area contributed by atoms with E-state index in [0.717, 1.165) is 74.5 Å². The minimum Gasteiger partial charge on any atom is -0.394 e. The zero-order valence-electron chi connectivity index (χ0n) is 34.1. The Morgan fingerprint density at radius 1 is 0.661 bits per heavy atom. The third kappa shape index (κ3) is 7.91. The molecule has 7 nitrogen and oxygen atoms in total. The van der Waals surface area contributed by atoms with Crippen molar-refractivity contribution in [3.63, 3.8) is 0 Å². The van der Waals surface area contributed by atoms with Gasteiger partial charge in [-0.1, -0.05) is 112 Å². The lowest BCUT2D eigenvalue weighted by molar-refractivity contribution is -0.229. The molecule has 4 saturated carbocycles. The largest absolute Gasteiger partial charge is 0.394 e. The first kappa shape index (κ1) is 41.5. The molecule has 0 saturated heterocycles. The molecule has 3 N–H and O–H groups in total. The number of benzene rings is 3. The summed E-state index contributed by atoms with van der Waals surface area (Å²) in [7, 11) is 0. The number of hydrogen-bond acceptors (Lipinski definition) is 7. The smallest absolute Gasteiger partial charge is 0.143 e. The van der Waals surface area contributed by atoms with Gasteiger partial charge in [-0.3, -0.25) is 0 Å². The summed E-state index contributed by atoms with van der Waals surface area (Å²) in [6.45, 7) is 9.37. The third-order valence-corrected chi connectivity index (χ3v) is 15.4. The van der Waals surface area contributed by atoms with Crippen molar-refractivity contribution in [1.82, 2.24) is 0 Å². The Morgan fingerprint density at radius 2 is 1.23 bits per heavy atom. The minimum atomic E-state index is -0.721. The fourth-order valence-corrected chi connectivity index (χ4v) is 12.9. The van der Waals surface area contributed by atoms with Crippen LogP contribution in [0.1, 0.15) is 95.2 Å². The Labute approximate surface area is 336 Å². The summed E-state index contributed by atoms with van der Waals surface area (Å²) in [4.78, 5) is 0. The highest BCUT2D eigenvalue weighted by Crippen LogP contribution is 2.69. The average Bonchev–Trinajstić information content (AvgIpc) is 3.60. The van der Waals surface area contributed by atoms with E-state index in [-0.39, 0.29) is 49.0 Å². The van der Waals surface area contributed by atoms with Crippen LogP contribution in [0.2, 0.25) is 0 Å². The number of fused-ring (bicyclic) bond motifs is 5. The van der Waals surface area contributed by atoms with Gasteiger partial charge in [0.25, 0.3) is 0 Å². The maximum absolute atomic E-state index is 10.0. The van der Waals surface area contributed by atoms with Gasteiger partial charge in [0.05, 0.1) is 58.0 Å². The van der Waals surface area contributed by atoms with Crippen LogP contribution in [0.3, 0.4) is 0 Å². The standard InChI is InChI=1S/C49H68O7/c1-35(14-13-28-56-49(36-15-7-4-8-16-36,37-17-9-5-10-18-37)38-19-11-6-12-20-38)41-21-22-42-46-43(34-45(48(41,42)3)55-31-27-52)47(2)24-23-40(53-29-25-50)32-39(47)33-44(46)54-30-26-51/h4-12,15-20,35,39-46,50-52H,13-14,21-34H2,1-3H3/t35-,39+,40+,41-,42+,43+,44-,45+,46+,47+,48-/m1/s1. The topological polar surface area (TPSA) is 97.6 Å². The van der Waals surface area contributed by atoms with Gasteiger partial charge >= 0.3 is 0 Å². The summed E-state index contributed by atoms with van der Waals surface area (Å²) in [5.74, 6) is 2.69. The summed E-state index contributed by atoms with van der Waals surface area (Å²) >= 11 is 0. The van der Waals surface area contributed by atoms with E-state index in [0.29, 0.717) is 61.9 Å². The fraction of sp³-hybridized carbons (Fsp3) is 0.633. The molecule has 0 unspecified atom stereocenters. The van der Waals surface area contributed by atoms with Gasteiger partial charge in [0.2, 0.25) is 0 Å². The molecule has 4 aliphatic rings. The summed E-state index contributed by atoms with van der Waals surface area (Å²) in [5, 5.41) is 29.4. The Balaban J connectivity index is 1.12. The minimum absolute atomic E-state index is 0.0287. The average molecular weight is 769 g/mol. The second-order valence-electron chi connectivity index (χ2n) is 18.0. The van der Waals surface area contributed by atoms with Crippen molar-refractivity contribution in [3.05, 3.63) is 108 Å². The Bertz CT molecular complexity index is 1520. The molecule has 0 aromatic heterocycles. The van der Waals surface area contributed by atoms with Gasteiger partial charge in [0, 0.05) is 12.0 Å². The predicted octanol–water partition coefficient (Wildman–Crippen LogP) is 8.42. The van der Waals surface area contributed by atoms with Gasteiger partial charge in [-0.05, 0) is 115 Å². The zero-order chi connectivity index (χ0) is 39.2. The van der Waals surface area contributed by atoms with Gasteiger partial charge in [0.1, 0.15) is 5.60 Å². The molecule has 56 heavy (non-hydrogen) atoms. The first-order valence-corrected chi connectivity index (χ1v) is 21.8. The van der Waals surface area contributed by atoms with E-state index in [2.05, 4.69) is 112 Å². The van der Waals surface area contributed by atoms with Crippen molar-refractivity contribution in [2.24, 2.45) is 46.3 Å². The van der Waals surface area contributed by atoms with Crippen LogP contribution < -0.4 is 0 Å². The van der Waals surface area contributed by atoms with Crippen molar-refractivity contribution in [2.75, 3.05) is 46.2 Å². The SMILES string of the molecule is C[C@H](CCCOC(c1ccccc1)(c1ccccc1)c1ccccc1)[C@H]1CC[C@H]2[C@@H]3[C@H](OCCO)C[C@@H]4C[C@@H](OCCO)CC[C@]4(C)[C@H]3C[C@H](OCCO)[C@]12C. The van der Waals surface area contributed by atoms with Gasteiger partial charge in [-0.25, -0.2) is 0 Å². The quantitative estimate of drug-likeness (QED) is 0.0884. The molecule has 11 atom stereocenters. The highest BCUT2D eigenvalue weighted by Gasteiger charge is 2.66. The molecule has 0 spiro atoms. The van der Waals surface area contributed by atoms with Crippen molar-refractivity contribution in [2.45, 2.75) is 102 Å². The van der Waals surface area contributed by atoms with E-state index in [1.807, 2.05) is 0 Å². The van der Waals surface area contributed by atoms with Gasteiger partial charge in [-0.15, -0.1) is 0 Å². The molecule has 4 fully saturated rings. The fourth-order valence-electron chi connectivity index (χ4n) is 12.9. The molecule has 7 rings (SSSR count). The number of rotatable bonds is 18. The first-order chi connectivity index (χ1) is 27.3. The maximum atomic E-state index is 10.0. The third-order valence-electron chi connectivity index (χ3n) is 15.4. The van der Waals surface area contributed by atoms with Crippen LogP contribution in [0.4, 0.5) is 0 Å². The Hall–Kier alpha value is -2.62. The van der Waals surface area contributed by atoms with Crippen LogP contribution in [0, 0.1) is 46.3 Å². The van der Waals surface area contributed by atoms with Crippen molar-refractivity contribution < 1.29 is 34.3 Å². The van der Waals surface area contributed by atoms with Crippen LogP contribution in [0.5, 0.6) is 0 Å². The summed E-state index contributed by atoms with van der Waals surface area (Å²) in [5.41, 5.74) is 2.76. The first-order valence-electron chi connectivity index (χ1n) is 21.8. The normalized spacial score (nSPS) is 33.3. The molecule has 0 aliphatic heterocycles. The van der Waals surface area contributed by atoms with Crippen molar-refractivity contribution in [1.29, 1.82) is 0 Å². The predicted molar refractivity (Wildman–Crippen MR) is 220 cm³/mol. The monoisotopic (exact) mass is 768 g/mol. The summed E-state index contributed by atoms with van der Waals surface area (Å²) in [6, 6.07) is 32.0. The lowest BCUT2D eigenvalue weighted by atomic mass is 9.43. The van der Waals surface area contributed by atoms with Gasteiger partial charge < -0.3 is 34.3 Å². The molecule has 4 aliphatic carbocycles. The molecule has 306 valence electrons. The summed E-state index contributed by atoms with van der Waals surface area (Å²) < 4.78 is 26.8. The van der Waals surface area contributed by atoms with Gasteiger partial charge in [-0.2, -0.15) is 0 Å². The van der Waals surface area contributed by atoms with Crippen LogP contribution >= 0.6 is 0 Å². The van der Waals surface area contributed by atoms with E-state index in [1.165, 1.54) is 0 Å². The molecule has 0 radical (unpaired) electrons. The highest BCUT2D eigenvalue weighted by atomic mass is 16.5. The number of ether oxygens (including phenoxy) is 4. The van der Waals surface area contributed by atoms with Crippen LogP contribution in [-0.2, 0) is 24.5 Å². The second kappa shape index (κ2) is 18.5. The number of aliphatic hydroxyl groups excluding tert-OH is 3. The summed E-state index contributed by atoms with van der Waals surface area (Å²) in [6.07, 6.45) is 9.74.